The van der Waals surface area contributed by atoms with E-state index in [1.165, 1.54) is 11.8 Å². The van der Waals surface area contributed by atoms with Gasteiger partial charge < -0.3 is 4.74 Å². The van der Waals surface area contributed by atoms with E-state index >= 15 is 0 Å². The molecule has 88 valence electrons. The average Bonchev–Trinajstić information content (AvgIpc) is 2.33. The zero-order valence-corrected chi connectivity index (χ0v) is 11.0. The Kier molecular flexibility index (Phi) is 3.86. The molecule has 0 saturated heterocycles. The van der Waals surface area contributed by atoms with E-state index in [4.69, 9.17) is 16.3 Å². The van der Waals surface area contributed by atoms with Crippen molar-refractivity contribution in [2.24, 2.45) is 0 Å². The van der Waals surface area contributed by atoms with Gasteiger partial charge in [-0.2, -0.15) is 0 Å². The lowest BCUT2D eigenvalue weighted by atomic mass is 10.3. The highest BCUT2D eigenvalue weighted by molar-refractivity contribution is 7.99. The van der Waals surface area contributed by atoms with Gasteiger partial charge in [-0.1, -0.05) is 35.5 Å². The van der Waals surface area contributed by atoms with Crippen LogP contribution in [0.5, 0.6) is 5.75 Å². The summed E-state index contributed by atoms with van der Waals surface area (Å²) < 4.78 is 5.28. The van der Waals surface area contributed by atoms with E-state index in [9.17, 15) is 0 Å². The smallest absolute Gasteiger partial charge is 0.146 e. The summed E-state index contributed by atoms with van der Waals surface area (Å²) >= 11 is 7.55. The predicted molar refractivity (Wildman–Crippen MR) is 68.9 cm³/mol. The topological polar surface area (TPSA) is 35.0 Å². The number of ether oxygens (including phenoxy) is 1. The summed E-state index contributed by atoms with van der Waals surface area (Å²) in [5.41, 5.74) is 0. The molecule has 3 nitrogen and oxygen atoms in total. The molecule has 2 aromatic rings. The Bertz CT molecular complexity index is 534. The van der Waals surface area contributed by atoms with Gasteiger partial charge in [0, 0.05) is 6.20 Å². The summed E-state index contributed by atoms with van der Waals surface area (Å²) in [5, 5.41) is 0.466. The first-order chi connectivity index (χ1) is 8.20. The third kappa shape index (κ3) is 2.90. The number of para-hydroxylation sites is 1. The van der Waals surface area contributed by atoms with Gasteiger partial charge in [0.2, 0.25) is 0 Å². The normalized spacial score (nSPS) is 10.3. The fraction of sp³-hybridized carbons (Fsp3) is 0.167. The first kappa shape index (κ1) is 12.2. The van der Waals surface area contributed by atoms with Crippen LogP contribution >= 0.6 is 23.4 Å². The molecule has 0 unspecified atom stereocenters. The molecule has 0 bridgehead atoms. The summed E-state index contributed by atoms with van der Waals surface area (Å²) in [6.07, 6.45) is 1.72. The van der Waals surface area contributed by atoms with Crippen molar-refractivity contribution in [3.8, 4) is 5.75 Å². The highest BCUT2D eigenvalue weighted by atomic mass is 35.5. The van der Waals surface area contributed by atoms with Crippen molar-refractivity contribution in [1.29, 1.82) is 0 Å². The van der Waals surface area contributed by atoms with Crippen molar-refractivity contribution in [2.45, 2.75) is 16.7 Å². The second kappa shape index (κ2) is 5.38. The number of hydrogen-bond acceptors (Lipinski definition) is 4. The maximum atomic E-state index is 6.06. The van der Waals surface area contributed by atoms with Crippen LogP contribution in [0, 0.1) is 6.92 Å². The first-order valence-electron chi connectivity index (χ1n) is 5.00. The Balaban J connectivity index is 2.31. The fourth-order valence-electron chi connectivity index (χ4n) is 1.32. The maximum absolute atomic E-state index is 6.06. The molecule has 0 aliphatic rings. The molecule has 0 atom stereocenters. The van der Waals surface area contributed by atoms with Gasteiger partial charge >= 0.3 is 0 Å². The summed E-state index contributed by atoms with van der Waals surface area (Å²) in [7, 11) is 1.65. The molecular weight excluding hydrogens is 256 g/mol. The van der Waals surface area contributed by atoms with Crippen LogP contribution in [-0.4, -0.2) is 17.1 Å². The minimum atomic E-state index is 0.466. The number of aromatic nitrogens is 2. The van der Waals surface area contributed by atoms with E-state index in [2.05, 4.69) is 9.97 Å². The lowest BCUT2D eigenvalue weighted by Crippen LogP contribution is -1.90. The third-order valence-electron chi connectivity index (χ3n) is 2.12. The van der Waals surface area contributed by atoms with Gasteiger partial charge in [-0.3, -0.25) is 0 Å². The number of methoxy groups -OCH3 is 1. The molecule has 1 aromatic carbocycles. The van der Waals surface area contributed by atoms with E-state index in [-0.39, 0.29) is 0 Å². The second-order valence-electron chi connectivity index (χ2n) is 3.33. The molecule has 0 radical (unpaired) electrons. The van der Waals surface area contributed by atoms with Crippen LogP contribution < -0.4 is 4.74 Å². The fourth-order valence-corrected chi connectivity index (χ4v) is 2.48. The number of aryl methyl sites for hydroxylation is 1. The van der Waals surface area contributed by atoms with Gasteiger partial charge in [-0.05, 0) is 19.1 Å². The number of nitrogens with zero attached hydrogens (tertiary/aromatic N) is 2. The average molecular weight is 267 g/mol. The van der Waals surface area contributed by atoms with E-state index < -0.39 is 0 Å². The SMILES string of the molecule is COc1ccccc1Sc1cnc(C)nc1Cl. The van der Waals surface area contributed by atoms with Crippen LogP contribution in [0.15, 0.2) is 40.3 Å². The number of benzene rings is 1. The van der Waals surface area contributed by atoms with E-state index in [1.807, 2.05) is 31.2 Å². The molecule has 2 rings (SSSR count). The molecule has 0 amide bonds. The van der Waals surface area contributed by atoms with Gasteiger partial charge in [0.05, 0.1) is 16.9 Å². The van der Waals surface area contributed by atoms with Gasteiger partial charge in [0.15, 0.2) is 0 Å². The number of halogens is 1. The molecule has 0 spiro atoms. The Labute approximate surface area is 109 Å². The molecule has 1 heterocycles. The van der Waals surface area contributed by atoms with Gasteiger partial charge in [-0.15, -0.1) is 0 Å². The molecular formula is C12H11ClN2OS. The van der Waals surface area contributed by atoms with Crippen molar-refractivity contribution < 1.29 is 4.74 Å². The van der Waals surface area contributed by atoms with Crippen LogP contribution in [0.1, 0.15) is 5.82 Å². The largest absolute Gasteiger partial charge is 0.496 e. The lowest BCUT2D eigenvalue weighted by molar-refractivity contribution is 0.405. The maximum Gasteiger partial charge on any atom is 0.146 e. The van der Waals surface area contributed by atoms with Gasteiger partial charge in [0.1, 0.15) is 16.7 Å². The van der Waals surface area contributed by atoms with Crippen molar-refractivity contribution in [3.05, 3.63) is 41.4 Å². The lowest BCUT2D eigenvalue weighted by Gasteiger charge is -2.08. The van der Waals surface area contributed by atoms with Gasteiger partial charge in [-0.25, -0.2) is 9.97 Å². The monoisotopic (exact) mass is 266 g/mol. The molecule has 0 fully saturated rings. The zero-order chi connectivity index (χ0) is 12.3. The van der Waals surface area contributed by atoms with Crippen LogP contribution in [0.4, 0.5) is 0 Å². The third-order valence-corrected chi connectivity index (χ3v) is 3.60. The predicted octanol–water partition coefficient (Wildman–Crippen LogP) is 3.60. The molecule has 0 aliphatic carbocycles. The summed E-state index contributed by atoms with van der Waals surface area (Å²) in [6, 6.07) is 7.76. The standard InChI is InChI=1S/C12H11ClN2OS/c1-8-14-7-11(12(13)15-8)17-10-6-4-3-5-9(10)16-2/h3-7H,1-2H3. The molecule has 0 aliphatic heterocycles. The van der Waals surface area contributed by atoms with Crippen LogP contribution in [0.3, 0.4) is 0 Å². The van der Waals surface area contributed by atoms with E-state index in [0.29, 0.717) is 11.0 Å². The molecule has 17 heavy (non-hydrogen) atoms. The first-order valence-corrected chi connectivity index (χ1v) is 6.20. The molecule has 1 aromatic heterocycles. The highest BCUT2D eigenvalue weighted by Gasteiger charge is 2.08. The Hall–Kier alpha value is -1.26. The van der Waals surface area contributed by atoms with Crippen molar-refractivity contribution in [3.63, 3.8) is 0 Å². The van der Waals surface area contributed by atoms with Gasteiger partial charge in [0.25, 0.3) is 0 Å². The Morgan fingerprint density at radius 1 is 1.24 bits per heavy atom. The Morgan fingerprint density at radius 3 is 2.71 bits per heavy atom. The summed E-state index contributed by atoms with van der Waals surface area (Å²) in [6.45, 7) is 1.81. The van der Waals surface area contributed by atoms with E-state index in [0.717, 1.165) is 15.5 Å². The molecule has 0 N–H and O–H groups in total. The van der Waals surface area contributed by atoms with Crippen molar-refractivity contribution >= 4 is 23.4 Å². The van der Waals surface area contributed by atoms with E-state index in [1.54, 1.807) is 13.3 Å². The van der Waals surface area contributed by atoms with Crippen LogP contribution in [0.25, 0.3) is 0 Å². The zero-order valence-electron chi connectivity index (χ0n) is 9.48. The van der Waals surface area contributed by atoms with Crippen LogP contribution in [-0.2, 0) is 0 Å². The minimum absolute atomic E-state index is 0.466. The molecule has 0 saturated carbocycles. The molecule has 5 heteroatoms. The minimum Gasteiger partial charge on any atom is -0.496 e. The van der Waals surface area contributed by atoms with Crippen molar-refractivity contribution in [2.75, 3.05) is 7.11 Å². The Morgan fingerprint density at radius 2 is 2.00 bits per heavy atom. The number of hydrogen-bond donors (Lipinski definition) is 0. The van der Waals surface area contributed by atoms with Crippen molar-refractivity contribution in [1.82, 2.24) is 9.97 Å². The summed E-state index contributed by atoms with van der Waals surface area (Å²) in [5.74, 6) is 1.48. The van der Waals surface area contributed by atoms with Crippen LogP contribution in [0.2, 0.25) is 5.15 Å². The second-order valence-corrected chi connectivity index (χ2v) is 4.77. The summed E-state index contributed by atoms with van der Waals surface area (Å²) in [4.78, 5) is 10.1. The quantitative estimate of drug-likeness (QED) is 0.795. The number of rotatable bonds is 3. The highest BCUT2D eigenvalue weighted by Crippen LogP contribution is 2.36.